The van der Waals surface area contributed by atoms with Crippen LogP contribution in [-0.2, 0) is 0 Å². The molecule has 3 nitrogen and oxygen atoms in total. The fourth-order valence-corrected chi connectivity index (χ4v) is 2.14. The third kappa shape index (κ3) is 3.11. The van der Waals surface area contributed by atoms with Crippen LogP contribution in [0.2, 0.25) is 0 Å². The van der Waals surface area contributed by atoms with E-state index in [9.17, 15) is 4.89 Å². The quantitative estimate of drug-likeness (QED) is 0.576. The van der Waals surface area contributed by atoms with Gasteiger partial charge < -0.3 is 0 Å². The minimum atomic E-state index is -2.45. The predicted molar refractivity (Wildman–Crippen MR) is 43.6 cm³/mol. The van der Waals surface area contributed by atoms with Gasteiger partial charge in [-0.15, -0.1) is 0 Å². The second-order valence-electron chi connectivity index (χ2n) is 2.27. The third-order valence-corrected chi connectivity index (χ3v) is 3.32. The summed E-state index contributed by atoms with van der Waals surface area (Å²) < 4.78 is 1.91. The van der Waals surface area contributed by atoms with Gasteiger partial charge in [-0.05, 0) is 0 Å². The van der Waals surface area contributed by atoms with Crippen molar-refractivity contribution < 1.29 is 4.89 Å². The van der Waals surface area contributed by atoms with Crippen molar-refractivity contribution in [3.63, 3.8) is 0 Å². The van der Waals surface area contributed by atoms with E-state index in [-0.39, 0.29) is 0 Å². The van der Waals surface area contributed by atoms with Gasteiger partial charge in [-0.1, -0.05) is 0 Å². The van der Waals surface area contributed by atoms with Crippen LogP contribution in [0, 0.1) is 0 Å². The minimum absolute atomic E-state index is 0.840. The molecule has 0 aromatic rings. The van der Waals surface area contributed by atoms with Gasteiger partial charge in [-0.25, -0.2) is 0 Å². The van der Waals surface area contributed by atoms with Crippen LogP contribution in [0.15, 0.2) is 0 Å². The monoisotopic (exact) mass is 152 g/mol. The van der Waals surface area contributed by atoms with Crippen LogP contribution in [0.4, 0.5) is 0 Å². The molecule has 0 aliphatic heterocycles. The van der Waals surface area contributed by atoms with Gasteiger partial charge >= 0.3 is 56.5 Å². The molecule has 0 saturated heterocycles. The van der Waals surface area contributed by atoms with Crippen molar-refractivity contribution in [1.82, 2.24) is 4.67 Å². The molecular weight excluding hydrogens is 135 g/mol. The van der Waals surface area contributed by atoms with E-state index in [1.165, 1.54) is 0 Å². The van der Waals surface area contributed by atoms with Crippen molar-refractivity contribution in [3.8, 4) is 0 Å². The molecule has 0 radical (unpaired) electrons. The van der Waals surface area contributed by atoms with Crippen LogP contribution in [0.1, 0.15) is 13.8 Å². The summed E-state index contributed by atoms with van der Waals surface area (Å²) in [5.41, 5.74) is 5.52. The van der Waals surface area contributed by atoms with Crippen molar-refractivity contribution in [3.05, 3.63) is 0 Å². The van der Waals surface area contributed by atoms with E-state index >= 15 is 0 Å². The van der Waals surface area contributed by atoms with Crippen LogP contribution in [0.25, 0.3) is 0 Å². The first-order valence-electron chi connectivity index (χ1n) is 3.28. The predicted octanol–water partition coefficient (Wildman–Crippen LogP) is 0.404. The van der Waals surface area contributed by atoms with Gasteiger partial charge in [-0.2, -0.15) is 0 Å². The van der Waals surface area contributed by atoms with Gasteiger partial charge in [0, 0.05) is 0 Å². The molecule has 0 amide bonds. The summed E-state index contributed by atoms with van der Waals surface area (Å²) in [5, 5.41) is 0. The fourth-order valence-electron chi connectivity index (χ4n) is 0.864. The Balaban J connectivity index is 3.79. The van der Waals surface area contributed by atoms with E-state index in [4.69, 9.17) is 5.50 Å². The molecule has 0 rings (SSSR count). The molecule has 0 unspecified atom stereocenters. The van der Waals surface area contributed by atoms with Crippen molar-refractivity contribution in [1.29, 1.82) is 0 Å². The van der Waals surface area contributed by atoms with Crippen LogP contribution in [0.3, 0.4) is 0 Å². The molecule has 0 aliphatic carbocycles. The zero-order chi connectivity index (χ0) is 7.49. The van der Waals surface area contributed by atoms with E-state index in [1.807, 2.05) is 18.5 Å². The van der Waals surface area contributed by atoms with E-state index in [0.717, 1.165) is 13.1 Å². The normalized spacial score (nSPS) is 14.4. The first-order chi connectivity index (χ1) is 4.02. The van der Waals surface area contributed by atoms with Crippen LogP contribution in [0.5, 0.6) is 0 Å². The average molecular weight is 152 g/mol. The molecule has 3 N–H and O–H groups in total. The zero-order valence-electron chi connectivity index (χ0n) is 6.39. The first-order valence-corrected chi connectivity index (χ1v) is 5.75. The summed E-state index contributed by atoms with van der Waals surface area (Å²) in [5.74, 6) is 0. The molecule has 0 heterocycles. The number of hydrogen-bond acceptors (Lipinski definition) is 3. The van der Waals surface area contributed by atoms with E-state index in [0.29, 0.717) is 0 Å². The Bertz CT molecular complexity index is 77.5. The molecule has 0 bridgehead atoms. The van der Waals surface area contributed by atoms with Gasteiger partial charge in [0.1, 0.15) is 0 Å². The summed E-state index contributed by atoms with van der Waals surface area (Å²) in [7, 11) is -2.45. The van der Waals surface area contributed by atoms with E-state index < -0.39 is 7.79 Å². The molecule has 0 fully saturated rings. The molecule has 0 aliphatic rings. The van der Waals surface area contributed by atoms with Crippen molar-refractivity contribution in [2.24, 2.45) is 5.50 Å². The van der Waals surface area contributed by atoms with Gasteiger partial charge in [0.15, 0.2) is 0 Å². The molecule has 58 valence electrons. The number of nitrogens with zero attached hydrogens (tertiary/aromatic N) is 1. The van der Waals surface area contributed by atoms with Gasteiger partial charge in [0.25, 0.3) is 0 Å². The Morgan fingerprint density at radius 3 is 1.78 bits per heavy atom. The number of nitrogens with two attached hydrogens (primary N) is 1. The van der Waals surface area contributed by atoms with Crippen molar-refractivity contribution >= 4 is 7.79 Å². The summed E-state index contributed by atoms with van der Waals surface area (Å²) in [6.07, 6.45) is 0. The Morgan fingerprint density at radius 1 is 1.44 bits per heavy atom. The number of rotatable bonds is 3. The molecule has 4 heteroatoms. The average Bonchev–Trinajstić information content (AvgIpc) is 1.65. The second-order valence-corrected chi connectivity index (χ2v) is 5.09. The summed E-state index contributed by atoms with van der Waals surface area (Å²) >= 11 is 0. The summed E-state index contributed by atoms with van der Waals surface area (Å²) in [6.45, 7) is 7.40. The Kier molecular flexibility index (Phi) is 3.59. The number of hydrogen-bond donors (Lipinski definition) is 2. The topological polar surface area (TPSA) is 49.5 Å². The molecule has 0 aromatic carbocycles. The van der Waals surface area contributed by atoms with Gasteiger partial charge in [0.05, 0.1) is 0 Å². The van der Waals surface area contributed by atoms with Crippen molar-refractivity contribution in [2.75, 3.05) is 19.8 Å². The summed E-state index contributed by atoms with van der Waals surface area (Å²) in [4.78, 5) is 9.32. The molecule has 0 spiro atoms. The maximum atomic E-state index is 9.32. The summed E-state index contributed by atoms with van der Waals surface area (Å²) in [6, 6.07) is 0. The van der Waals surface area contributed by atoms with Crippen LogP contribution < -0.4 is 5.50 Å². The molecular formula is C5H17N2OP. The van der Waals surface area contributed by atoms with Gasteiger partial charge in [0.2, 0.25) is 0 Å². The molecule has 0 atom stereocenters. The maximum absolute atomic E-state index is 9.32. The van der Waals surface area contributed by atoms with E-state index in [1.54, 1.807) is 6.66 Å². The second kappa shape index (κ2) is 3.47. The Morgan fingerprint density at radius 2 is 1.78 bits per heavy atom. The third-order valence-electron chi connectivity index (χ3n) is 1.40. The van der Waals surface area contributed by atoms with Crippen molar-refractivity contribution in [2.45, 2.75) is 13.8 Å². The van der Waals surface area contributed by atoms with E-state index in [2.05, 4.69) is 0 Å². The molecule has 9 heavy (non-hydrogen) atoms. The van der Waals surface area contributed by atoms with Gasteiger partial charge in [-0.3, -0.25) is 0 Å². The SMILES string of the molecule is CCN(CC)[PH](C)(N)O. The Hall–Kier alpha value is 0.310. The molecule has 0 saturated carbocycles. The zero-order valence-corrected chi connectivity index (χ0v) is 7.39. The Labute approximate surface area is 57.4 Å². The fraction of sp³-hybridized carbons (Fsp3) is 1.00. The first kappa shape index (κ1) is 9.31. The van der Waals surface area contributed by atoms with Crippen LogP contribution in [-0.4, -0.2) is 29.3 Å². The molecule has 0 aromatic heterocycles. The van der Waals surface area contributed by atoms with Crippen LogP contribution >= 0.6 is 7.79 Å². The standard InChI is InChI=1S/C5H17N2OP/c1-4-7(5-2)9(3,6)8/h8-9H,4-6H2,1-3H3.